The van der Waals surface area contributed by atoms with E-state index in [0.29, 0.717) is 29.8 Å². The number of aliphatic hydroxyl groups is 1. The molecule has 2 aliphatic rings. The van der Waals surface area contributed by atoms with Crippen molar-refractivity contribution in [2.75, 3.05) is 6.54 Å². The molecule has 2 fully saturated rings. The van der Waals surface area contributed by atoms with Crippen molar-refractivity contribution in [3.63, 3.8) is 0 Å². The van der Waals surface area contributed by atoms with Gasteiger partial charge in [0.05, 0.1) is 24.2 Å². The average Bonchev–Trinajstić information content (AvgIpc) is 3.00. The van der Waals surface area contributed by atoms with Crippen molar-refractivity contribution in [2.24, 2.45) is 4.99 Å². The molecular weight excluding hydrogens is 447 g/mol. The van der Waals surface area contributed by atoms with Crippen molar-refractivity contribution in [3.8, 4) is 0 Å². The van der Waals surface area contributed by atoms with Crippen LogP contribution in [0.15, 0.2) is 34.3 Å². The number of nitrogens with one attached hydrogen (secondary N) is 1. The van der Waals surface area contributed by atoms with Gasteiger partial charge in [-0.2, -0.15) is 0 Å². The van der Waals surface area contributed by atoms with E-state index in [1.165, 1.54) is 35.2 Å². The lowest BCUT2D eigenvalue weighted by Gasteiger charge is -2.31. The lowest BCUT2D eigenvalue weighted by molar-refractivity contribution is -0.119. The number of hydrogen-bond acceptors (Lipinski definition) is 6. The van der Waals surface area contributed by atoms with Crippen LogP contribution in [0.2, 0.25) is 0 Å². The molecule has 2 N–H and O–H groups in total. The summed E-state index contributed by atoms with van der Waals surface area (Å²) in [5.74, 6) is -0.924. The van der Waals surface area contributed by atoms with Crippen LogP contribution in [0, 0.1) is 11.6 Å². The molecule has 3 rings (SSSR count). The molecule has 1 aliphatic carbocycles. The molecule has 0 spiro atoms. The molecule has 10 heteroatoms. The number of aliphatic imine (C=N–C) groups is 1. The van der Waals surface area contributed by atoms with Gasteiger partial charge in [-0.25, -0.2) is 13.2 Å². The van der Waals surface area contributed by atoms with Crippen LogP contribution in [0.1, 0.15) is 38.2 Å². The van der Waals surface area contributed by atoms with Gasteiger partial charge in [0, 0.05) is 23.9 Å². The number of carbonyl (C=O) groups excluding carboxylic acids is 1. The van der Waals surface area contributed by atoms with Gasteiger partial charge in [-0.3, -0.25) is 14.5 Å². The number of halogens is 3. The van der Waals surface area contributed by atoms with E-state index in [0.717, 1.165) is 18.9 Å². The number of alkyl halides is 1. The Labute approximate surface area is 190 Å². The minimum absolute atomic E-state index is 0.00741. The van der Waals surface area contributed by atoms with Gasteiger partial charge < -0.3 is 10.0 Å². The molecule has 0 bridgehead atoms. The first kappa shape index (κ1) is 25.8. The van der Waals surface area contributed by atoms with Crippen molar-refractivity contribution < 1.29 is 23.1 Å². The third-order valence-corrected chi connectivity index (χ3v) is 6.58. The van der Waals surface area contributed by atoms with Crippen molar-refractivity contribution in [1.82, 2.24) is 9.62 Å². The highest BCUT2D eigenvalue weighted by Crippen LogP contribution is 2.30. The Kier molecular flexibility index (Phi) is 9.92. The van der Waals surface area contributed by atoms with Crippen LogP contribution in [0.4, 0.5) is 13.2 Å². The number of hydrogen-bond donors (Lipinski definition) is 3. The molecule has 1 aliphatic heterocycles. The van der Waals surface area contributed by atoms with E-state index in [9.17, 15) is 18.0 Å². The number of nitrogens with zero attached hydrogens (tertiary/aromatic N) is 2. The van der Waals surface area contributed by atoms with E-state index in [4.69, 9.17) is 5.11 Å². The molecule has 3 atom stereocenters. The summed E-state index contributed by atoms with van der Waals surface area (Å²) in [4.78, 5) is 16.4. The number of carbonyl (C=O) groups is 1. The first-order valence-corrected chi connectivity index (χ1v) is 11.4. The zero-order chi connectivity index (χ0) is 23.0. The zero-order valence-electron chi connectivity index (χ0n) is 17.3. The van der Waals surface area contributed by atoms with Gasteiger partial charge in [0.1, 0.15) is 17.8 Å². The summed E-state index contributed by atoms with van der Waals surface area (Å²) < 4.78 is 42.9. The second-order valence-electron chi connectivity index (χ2n) is 7.95. The first-order valence-electron chi connectivity index (χ1n) is 9.88. The van der Waals surface area contributed by atoms with Crippen LogP contribution in [-0.4, -0.2) is 53.5 Å². The monoisotopic (exact) mass is 475 g/mol. The average molecular weight is 476 g/mol. The van der Waals surface area contributed by atoms with Gasteiger partial charge in [-0.1, -0.05) is 12.8 Å². The van der Waals surface area contributed by atoms with Crippen molar-refractivity contribution >= 4 is 37.7 Å². The Hall–Kier alpha value is -1.49. The Morgan fingerprint density at radius 1 is 1.42 bits per heavy atom. The van der Waals surface area contributed by atoms with Crippen LogP contribution in [0.5, 0.6) is 0 Å². The molecule has 3 unspecified atom stereocenters. The van der Waals surface area contributed by atoms with Gasteiger partial charge in [0.15, 0.2) is 0 Å². The van der Waals surface area contributed by atoms with E-state index in [-0.39, 0.29) is 12.1 Å². The topological polar surface area (TPSA) is 64.9 Å². The minimum atomic E-state index is -1.22. The Bertz CT molecular complexity index is 769. The molecule has 5 nitrogen and oxygen atoms in total. The van der Waals surface area contributed by atoms with Crippen LogP contribution in [0.3, 0.4) is 0 Å². The smallest absolute Gasteiger partial charge is 0.210 e. The molecule has 172 valence electrons. The molecule has 1 aromatic rings. The van der Waals surface area contributed by atoms with Crippen LogP contribution in [0.25, 0.3) is 0 Å². The van der Waals surface area contributed by atoms with E-state index < -0.39 is 29.9 Å². The molecule has 1 saturated heterocycles. The minimum Gasteiger partial charge on any atom is -0.390 e. The fourth-order valence-corrected chi connectivity index (χ4v) is 4.55. The molecule has 1 heterocycles. The molecule has 0 aromatic heterocycles. The summed E-state index contributed by atoms with van der Waals surface area (Å²) in [6.07, 6.45) is 2.91. The normalized spacial score (nSPS) is 24.8. The number of rotatable bonds is 8. The summed E-state index contributed by atoms with van der Waals surface area (Å²) in [7, 11) is 0. The Morgan fingerprint density at radius 3 is 2.48 bits per heavy atom. The Morgan fingerprint density at radius 2 is 2.03 bits per heavy atom. The van der Waals surface area contributed by atoms with E-state index in [2.05, 4.69) is 29.2 Å². The number of benzene rings is 1. The summed E-state index contributed by atoms with van der Waals surface area (Å²) in [5.41, 5.74) is 0.776. The lowest BCUT2D eigenvalue weighted by Crippen LogP contribution is -2.41. The Balaban J connectivity index is 0.000000488. The summed E-state index contributed by atoms with van der Waals surface area (Å²) in [6.45, 7) is 5.36. The number of likely N-dealkylation sites (tertiary alicyclic amines) is 1. The fraction of sp³-hybridized carbons (Fsp3) is 0.524. The van der Waals surface area contributed by atoms with Gasteiger partial charge in [-0.05, 0) is 56.0 Å². The van der Waals surface area contributed by atoms with E-state index >= 15 is 0 Å². The summed E-state index contributed by atoms with van der Waals surface area (Å²) in [5, 5.41) is 10.6. The largest absolute Gasteiger partial charge is 0.390 e. The summed E-state index contributed by atoms with van der Waals surface area (Å²) in [6, 6.07) is 2.28. The van der Waals surface area contributed by atoms with Gasteiger partial charge in [0.2, 0.25) is 6.41 Å². The second kappa shape index (κ2) is 11.9. The predicted octanol–water partition coefficient (Wildman–Crippen LogP) is 4.03. The molecule has 0 radical (unpaired) electrons. The second-order valence-corrected chi connectivity index (χ2v) is 9.07. The van der Waals surface area contributed by atoms with Crippen LogP contribution in [-0.2, 0) is 10.5 Å². The van der Waals surface area contributed by atoms with E-state index in [1.54, 1.807) is 5.41 Å². The quantitative estimate of drug-likeness (QED) is 0.302. The molecule has 1 saturated carbocycles. The van der Waals surface area contributed by atoms with E-state index in [1.807, 2.05) is 6.92 Å². The molecule has 1 amide bonds. The fourth-order valence-electron chi connectivity index (χ4n) is 3.41. The highest BCUT2D eigenvalue weighted by molar-refractivity contribution is 8.01. The van der Waals surface area contributed by atoms with Gasteiger partial charge >= 0.3 is 0 Å². The maximum absolute atomic E-state index is 13.9. The number of thiol groups is 1. The van der Waals surface area contributed by atoms with Crippen LogP contribution >= 0.6 is 24.6 Å². The maximum Gasteiger partial charge on any atom is 0.210 e. The summed E-state index contributed by atoms with van der Waals surface area (Å²) >= 11 is 5.22. The van der Waals surface area contributed by atoms with Crippen molar-refractivity contribution in [3.05, 3.63) is 46.5 Å². The van der Waals surface area contributed by atoms with Crippen LogP contribution < -0.4 is 4.72 Å². The first-order chi connectivity index (χ1) is 14.7. The maximum atomic E-state index is 13.9. The zero-order valence-corrected chi connectivity index (χ0v) is 19.0. The highest BCUT2D eigenvalue weighted by Gasteiger charge is 2.41. The number of thioether (sulfide) groups is 1. The van der Waals surface area contributed by atoms with Gasteiger partial charge in [0.25, 0.3) is 0 Å². The lowest BCUT2D eigenvalue weighted by atomic mass is 9.82. The highest BCUT2D eigenvalue weighted by atomic mass is 32.2. The number of amides is 1. The molecular formula is C21H28F3N3O2S2. The standard InChI is InChI=1S/C16H18F3N3OS2.C5H10O/c1-20-13(5-15-16(21-24)14(19)6-22(15)9-23)8-25-7-10-2-11(17)4-12(18)3-10;1-5(6)3-2-4-5/h2-4,8-9,14-16,21,24H,1,5-7H2;6H,2-4H2,1H3/b13-8-;. The third kappa shape index (κ3) is 7.85. The predicted molar refractivity (Wildman–Crippen MR) is 122 cm³/mol. The third-order valence-electron chi connectivity index (χ3n) is 5.34. The van der Waals surface area contributed by atoms with Crippen molar-refractivity contribution in [1.29, 1.82) is 0 Å². The molecule has 1 aromatic carbocycles. The van der Waals surface area contributed by atoms with Crippen molar-refractivity contribution in [2.45, 2.75) is 62.2 Å². The molecule has 31 heavy (non-hydrogen) atoms. The SMILES string of the molecule is C=N/C(=C\SCc1cc(F)cc(F)c1)CC1C(NS)C(F)CN1C=O.CC1(O)CCC1. The van der Waals surface area contributed by atoms with Gasteiger partial charge in [-0.15, -0.1) is 11.8 Å².